The number of hydrogen-bond donors (Lipinski definition) is 3. The van der Waals surface area contributed by atoms with E-state index in [0.29, 0.717) is 10.7 Å². The van der Waals surface area contributed by atoms with E-state index in [-0.39, 0.29) is 5.69 Å². The van der Waals surface area contributed by atoms with Gasteiger partial charge in [0.15, 0.2) is 0 Å². The highest BCUT2D eigenvalue weighted by atomic mass is 127. The Kier molecular flexibility index (Phi) is 4.05. The highest BCUT2D eigenvalue weighted by molar-refractivity contribution is 14.1. The fourth-order valence-electron chi connectivity index (χ4n) is 1.37. The fourth-order valence-corrected chi connectivity index (χ4v) is 2.38. The Morgan fingerprint density at radius 1 is 1.21 bits per heavy atom. The Morgan fingerprint density at radius 2 is 1.95 bits per heavy atom. The van der Waals surface area contributed by atoms with E-state index in [1.165, 1.54) is 0 Å². The number of nitrogens with one attached hydrogen (secondary N) is 3. The Bertz CT molecular complexity index is 725. The van der Waals surface area contributed by atoms with Gasteiger partial charge in [-0.05, 0) is 40.8 Å². The van der Waals surface area contributed by atoms with Gasteiger partial charge in [0.2, 0.25) is 0 Å². The van der Waals surface area contributed by atoms with Crippen LogP contribution in [0.5, 0.6) is 0 Å². The summed E-state index contributed by atoms with van der Waals surface area (Å²) in [4.78, 5) is 38.3. The van der Waals surface area contributed by atoms with Crippen LogP contribution in [-0.2, 0) is 0 Å². The highest BCUT2D eigenvalue weighted by Crippen LogP contribution is 2.22. The molecule has 1 heterocycles. The summed E-state index contributed by atoms with van der Waals surface area (Å²) in [6, 6.07) is 5.95. The van der Waals surface area contributed by atoms with E-state index < -0.39 is 17.2 Å². The molecule has 19 heavy (non-hydrogen) atoms. The molecule has 2 rings (SSSR count). The second-order valence-corrected chi connectivity index (χ2v) is 5.18. The van der Waals surface area contributed by atoms with Crippen molar-refractivity contribution < 1.29 is 4.79 Å². The minimum absolute atomic E-state index is 0.112. The van der Waals surface area contributed by atoms with Crippen molar-refractivity contribution in [2.75, 3.05) is 5.32 Å². The summed E-state index contributed by atoms with van der Waals surface area (Å²) in [7, 11) is 0. The molecule has 0 spiro atoms. The second-order valence-electron chi connectivity index (χ2n) is 3.58. The predicted octanol–water partition coefficient (Wildman–Crippen LogP) is 1.57. The maximum absolute atomic E-state index is 11.9. The van der Waals surface area contributed by atoms with Gasteiger partial charge in [-0.25, -0.2) is 4.79 Å². The van der Waals surface area contributed by atoms with Crippen molar-refractivity contribution in [2.24, 2.45) is 0 Å². The van der Waals surface area contributed by atoms with Crippen LogP contribution < -0.4 is 16.6 Å². The molecule has 0 radical (unpaired) electrons. The highest BCUT2D eigenvalue weighted by Gasteiger charge is 2.10. The molecule has 0 saturated carbocycles. The van der Waals surface area contributed by atoms with Gasteiger partial charge in [0.1, 0.15) is 5.69 Å². The number of aromatic amines is 2. The lowest BCUT2D eigenvalue weighted by molar-refractivity contribution is 0.102. The van der Waals surface area contributed by atoms with E-state index in [4.69, 9.17) is 11.6 Å². The van der Waals surface area contributed by atoms with Gasteiger partial charge in [-0.3, -0.25) is 14.6 Å². The third kappa shape index (κ3) is 3.44. The molecule has 0 aliphatic carbocycles. The van der Waals surface area contributed by atoms with Crippen LogP contribution in [0, 0.1) is 3.57 Å². The quantitative estimate of drug-likeness (QED) is 0.678. The van der Waals surface area contributed by atoms with Crippen LogP contribution in [-0.4, -0.2) is 15.9 Å². The lowest BCUT2D eigenvalue weighted by atomic mass is 10.3. The van der Waals surface area contributed by atoms with Crippen molar-refractivity contribution in [1.29, 1.82) is 0 Å². The van der Waals surface area contributed by atoms with Gasteiger partial charge < -0.3 is 10.3 Å². The summed E-state index contributed by atoms with van der Waals surface area (Å²) >= 11 is 7.81. The Labute approximate surface area is 125 Å². The first-order valence-electron chi connectivity index (χ1n) is 5.06. The van der Waals surface area contributed by atoms with Gasteiger partial charge in [-0.15, -0.1) is 0 Å². The molecule has 0 bridgehead atoms. The zero-order chi connectivity index (χ0) is 14.0. The van der Waals surface area contributed by atoms with Crippen molar-refractivity contribution in [3.05, 3.63) is 59.4 Å². The molecule has 0 fully saturated rings. The van der Waals surface area contributed by atoms with Crippen LogP contribution in [0.3, 0.4) is 0 Å². The Balaban J connectivity index is 2.30. The standard InChI is InChI=1S/C11H7ClIN3O3/c12-5-1-2-7(6(13)3-5)14-10(18)8-4-9(17)16-11(19)15-8/h1-4H,(H,14,18)(H2,15,16,17,19). The van der Waals surface area contributed by atoms with Crippen LogP contribution in [0.25, 0.3) is 0 Å². The minimum atomic E-state index is -0.733. The van der Waals surface area contributed by atoms with Gasteiger partial charge in [0.25, 0.3) is 11.5 Å². The zero-order valence-corrected chi connectivity index (χ0v) is 12.2. The maximum Gasteiger partial charge on any atom is 0.326 e. The molecule has 6 nitrogen and oxygen atoms in total. The molecule has 1 aromatic heterocycles. The van der Waals surface area contributed by atoms with E-state index in [2.05, 4.69) is 10.3 Å². The van der Waals surface area contributed by atoms with Crippen LogP contribution in [0.4, 0.5) is 5.69 Å². The molecule has 0 saturated heterocycles. The zero-order valence-electron chi connectivity index (χ0n) is 9.29. The van der Waals surface area contributed by atoms with Crippen molar-refractivity contribution >= 4 is 45.8 Å². The molecule has 0 atom stereocenters. The summed E-state index contributed by atoms with van der Waals surface area (Å²) in [5.74, 6) is -0.580. The average Bonchev–Trinajstić information content (AvgIpc) is 2.31. The third-order valence-corrected chi connectivity index (χ3v) is 3.31. The molecular formula is C11H7ClIN3O3. The van der Waals surface area contributed by atoms with E-state index in [0.717, 1.165) is 9.64 Å². The normalized spacial score (nSPS) is 10.2. The van der Waals surface area contributed by atoms with Crippen molar-refractivity contribution in [1.82, 2.24) is 9.97 Å². The van der Waals surface area contributed by atoms with Crippen molar-refractivity contribution in [3.63, 3.8) is 0 Å². The number of rotatable bonds is 2. The molecule has 8 heteroatoms. The second kappa shape index (κ2) is 5.57. The summed E-state index contributed by atoms with van der Waals surface area (Å²) in [6.45, 7) is 0. The van der Waals surface area contributed by atoms with Crippen LogP contribution >= 0.6 is 34.2 Å². The fraction of sp³-hybridized carbons (Fsp3) is 0. The van der Waals surface area contributed by atoms with Gasteiger partial charge in [-0.2, -0.15) is 0 Å². The first-order valence-corrected chi connectivity index (χ1v) is 6.51. The lowest BCUT2D eigenvalue weighted by Gasteiger charge is -2.07. The number of benzene rings is 1. The largest absolute Gasteiger partial charge is 0.326 e. The molecule has 0 aliphatic heterocycles. The van der Waals surface area contributed by atoms with E-state index in [1.54, 1.807) is 18.2 Å². The first kappa shape index (κ1) is 13.8. The van der Waals surface area contributed by atoms with E-state index in [1.807, 2.05) is 27.6 Å². The van der Waals surface area contributed by atoms with Crippen molar-refractivity contribution in [2.45, 2.75) is 0 Å². The molecule has 0 unspecified atom stereocenters. The number of H-pyrrole nitrogens is 2. The molecule has 3 N–H and O–H groups in total. The smallest absolute Gasteiger partial charge is 0.320 e. The van der Waals surface area contributed by atoms with Crippen LogP contribution in [0.1, 0.15) is 10.5 Å². The molecule has 2 aromatic rings. The van der Waals surface area contributed by atoms with Crippen LogP contribution in [0.15, 0.2) is 33.9 Å². The molecular weight excluding hydrogens is 384 g/mol. The minimum Gasteiger partial charge on any atom is -0.320 e. The Hall–Kier alpha value is -1.61. The monoisotopic (exact) mass is 391 g/mol. The Morgan fingerprint density at radius 3 is 2.58 bits per heavy atom. The molecule has 1 aromatic carbocycles. The summed E-state index contributed by atoms with van der Waals surface area (Å²) in [6.07, 6.45) is 0. The summed E-state index contributed by atoms with van der Waals surface area (Å²) in [5, 5.41) is 3.13. The number of anilines is 1. The number of aromatic nitrogens is 2. The first-order chi connectivity index (χ1) is 8.95. The van der Waals surface area contributed by atoms with Gasteiger partial charge in [0.05, 0.1) is 5.69 Å². The van der Waals surface area contributed by atoms with Crippen LogP contribution in [0.2, 0.25) is 5.02 Å². The van der Waals surface area contributed by atoms with E-state index >= 15 is 0 Å². The number of amides is 1. The van der Waals surface area contributed by atoms with E-state index in [9.17, 15) is 14.4 Å². The number of halogens is 2. The summed E-state index contributed by atoms with van der Waals surface area (Å²) in [5.41, 5.74) is -0.946. The number of carbonyl (C=O) groups is 1. The molecule has 0 aliphatic rings. The predicted molar refractivity (Wildman–Crippen MR) is 79.8 cm³/mol. The van der Waals surface area contributed by atoms with Gasteiger partial charge in [0, 0.05) is 14.7 Å². The summed E-state index contributed by atoms with van der Waals surface area (Å²) < 4.78 is 0.741. The maximum atomic E-state index is 11.9. The number of hydrogen-bond acceptors (Lipinski definition) is 3. The third-order valence-electron chi connectivity index (χ3n) is 2.18. The SMILES string of the molecule is O=C(Nc1ccc(Cl)cc1I)c1cc(=O)[nH]c(=O)[nH]1. The van der Waals surface area contributed by atoms with Gasteiger partial charge in [-0.1, -0.05) is 11.6 Å². The van der Waals surface area contributed by atoms with Gasteiger partial charge >= 0.3 is 5.69 Å². The van der Waals surface area contributed by atoms with Crippen molar-refractivity contribution in [3.8, 4) is 0 Å². The lowest BCUT2D eigenvalue weighted by Crippen LogP contribution is -2.27. The topological polar surface area (TPSA) is 94.8 Å². The molecule has 98 valence electrons. The number of carbonyl (C=O) groups excluding carboxylic acids is 1. The molecule has 1 amide bonds. The average molecular weight is 392 g/mol.